The molecule has 15 heteroatoms. The molecule has 0 aliphatic rings. The molecule has 238 valence electrons. The van der Waals surface area contributed by atoms with Gasteiger partial charge in [0.15, 0.2) is 0 Å². The minimum atomic E-state index is -4.25. The van der Waals surface area contributed by atoms with Crippen LogP contribution in [0.1, 0.15) is 49.3 Å². The largest absolute Gasteiger partial charge is 0.481 e. The first-order valence-corrected chi connectivity index (χ1v) is 15.4. The second-order valence-corrected chi connectivity index (χ2v) is 12.0. The molecule has 2 aromatic rings. The maximum absolute atomic E-state index is 13.8. The zero-order chi connectivity index (χ0) is 32.8. The number of carbonyl (C=O) groups is 4. The fourth-order valence-corrected chi connectivity index (χ4v) is 5.95. The van der Waals surface area contributed by atoms with Crippen LogP contribution in [0.4, 0.5) is 0 Å². The van der Waals surface area contributed by atoms with Gasteiger partial charge in [-0.1, -0.05) is 48.5 Å². The van der Waals surface area contributed by atoms with E-state index in [9.17, 15) is 32.7 Å². The molecule has 0 fully saturated rings. The Morgan fingerprint density at radius 3 is 2.39 bits per heavy atom. The highest BCUT2D eigenvalue weighted by Gasteiger charge is 2.42. The summed E-state index contributed by atoms with van der Waals surface area (Å²) in [6.07, 6.45) is -0.0831. The van der Waals surface area contributed by atoms with E-state index in [1.54, 1.807) is 55.5 Å². The Hall–Kier alpha value is -4.63. The first-order valence-electron chi connectivity index (χ1n) is 13.8. The number of nitrogens with zero attached hydrogens (tertiary/aromatic N) is 1. The lowest BCUT2D eigenvalue weighted by Gasteiger charge is -2.33. The third-order valence-corrected chi connectivity index (χ3v) is 7.86. The van der Waals surface area contributed by atoms with Crippen LogP contribution in [0.3, 0.4) is 0 Å². The number of rotatable bonds is 19. The van der Waals surface area contributed by atoms with Gasteiger partial charge in [0.25, 0.3) is 0 Å². The number of carbonyl (C=O) groups excluding carboxylic acids is 3. The van der Waals surface area contributed by atoms with Crippen LogP contribution in [-0.2, 0) is 41.4 Å². The average Bonchev–Trinajstić information content (AvgIpc) is 2.96. The number of nitrogen functional groups attached to an aromatic ring is 1. The molecule has 0 bridgehead atoms. The van der Waals surface area contributed by atoms with Crippen LogP contribution in [0.2, 0.25) is 0 Å². The summed E-state index contributed by atoms with van der Waals surface area (Å²) in [5.74, 6) is -3.32. The van der Waals surface area contributed by atoms with E-state index in [1.807, 2.05) is 0 Å². The molecule has 44 heavy (non-hydrogen) atoms. The number of hydrogen-bond acceptors (Lipinski definition) is 8. The number of carboxylic acids is 1. The van der Waals surface area contributed by atoms with E-state index >= 15 is 0 Å². The second-order valence-electron chi connectivity index (χ2n) is 10.3. The van der Waals surface area contributed by atoms with Crippen molar-refractivity contribution < 1.29 is 32.7 Å². The first-order chi connectivity index (χ1) is 20.7. The molecule has 14 nitrogen and oxygen atoms in total. The summed E-state index contributed by atoms with van der Waals surface area (Å²) in [5.41, 5.74) is 10.2. The molecule has 0 aliphatic heterocycles. The zero-order valence-corrected chi connectivity index (χ0v) is 25.2. The van der Waals surface area contributed by atoms with Gasteiger partial charge in [0, 0.05) is 24.9 Å². The van der Waals surface area contributed by atoms with E-state index in [2.05, 4.69) is 20.3 Å². The molecule has 0 unspecified atom stereocenters. The number of nitrogens with one attached hydrogen (secondary N) is 4. The number of carboxylic acid groups (broad SMARTS) is 1. The molecular formula is C29H39N7O7S. The molecule has 2 aromatic carbocycles. The Morgan fingerprint density at radius 2 is 1.77 bits per heavy atom. The van der Waals surface area contributed by atoms with Gasteiger partial charge in [-0.25, -0.2) is 8.42 Å². The molecular weight excluding hydrogens is 590 g/mol. The summed E-state index contributed by atoms with van der Waals surface area (Å²) in [7, 11) is -4.25. The summed E-state index contributed by atoms with van der Waals surface area (Å²) < 4.78 is 29.2. The average molecular weight is 630 g/mol. The number of aldehydes is 1. The van der Waals surface area contributed by atoms with Gasteiger partial charge < -0.3 is 32.0 Å². The van der Waals surface area contributed by atoms with Crippen molar-refractivity contribution in [1.82, 2.24) is 15.4 Å². The third kappa shape index (κ3) is 12.3. The van der Waals surface area contributed by atoms with Gasteiger partial charge in [-0.05, 0) is 43.4 Å². The quantitative estimate of drug-likeness (QED) is 0.0484. The molecule has 0 saturated heterocycles. The van der Waals surface area contributed by atoms with Crippen LogP contribution < -0.4 is 26.8 Å². The molecule has 0 aliphatic carbocycles. The fourth-order valence-electron chi connectivity index (χ4n) is 4.39. The predicted octanol–water partition coefficient (Wildman–Crippen LogP) is 0.194. The van der Waals surface area contributed by atoms with Gasteiger partial charge >= 0.3 is 5.97 Å². The van der Waals surface area contributed by atoms with E-state index in [4.69, 9.17) is 16.9 Å². The summed E-state index contributed by atoms with van der Waals surface area (Å²) >= 11 is 0. The minimum absolute atomic E-state index is 0.261. The molecule has 0 radical (unpaired) electrons. The van der Waals surface area contributed by atoms with Crippen LogP contribution in [0.5, 0.6) is 0 Å². The number of benzene rings is 2. The van der Waals surface area contributed by atoms with Crippen LogP contribution in [0.15, 0.2) is 59.6 Å². The van der Waals surface area contributed by atoms with Crippen LogP contribution in [0.25, 0.3) is 0 Å². The molecule has 0 aromatic heterocycles. The van der Waals surface area contributed by atoms with E-state index in [0.717, 1.165) is 0 Å². The summed E-state index contributed by atoms with van der Waals surface area (Å²) in [6.45, 7) is 1.37. The lowest BCUT2D eigenvalue weighted by molar-refractivity contribution is -0.138. The van der Waals surface area contributed by atoms with E-state index in [1.165, 1.54) is 6.07 Å². The molecule has 9 N–H and O–H groups in total. The SMILES string of the molecule is CC(N)=NCCC[C@@H](C=O)NC(=O)CNC(=O)[C@](CCC(=O)O)(Cc1cccc(C(=N)N)c1)NS(=O)(=O)Cc1ccccc1. The molecule has 0 saturated carbocycles. The van der Waals surface area contributed by atoms with Gasteiger partial charge in [0.05, 0.1) is 24.2 Å². The smallest absolute Gasteiger partial charge is 0.303 e. The summed E-state index contributed by atoms with van der Waals surface area (Å²) in [6, 6.07) is 13.5. The van der Waals surface area contributed by atoms with Crippen molar-refractivity contribution in [2.75, 3.05) is 13.1 Å². The van der Waals surface area contributed by atoms with Crippen molar-refractivity contribution in [1.29, 1.82) is 5.41 Å². The summed E-state index contributed by atoms with van der Waals surface area (Å²) in [5, 5.41) is 22.1. The number of aliphatic carboxylic acids is 1. The number of sulfonamides is 1. The second kappa shape index (κ2) is 16.9. The van der Waals surface area contributed by atoms with E-state index in [0.29, 0.717) is 41.8 Å². The Labute approximate surface area is 256 Å². The zero-order valence-electron chi connectivity index (χ0n) is 24.4. The standard InChI is InChI=1S/C29H39N7O7S/c1-20(30)33-14-6-11-24(18-37)35-25(38)17-34-28(41)29(13-12-26(39)40,16-22-9-5-10-23(15-22)27(31)32)36-44(42,43)19-21-7-3-2-4-8-21/h2-5,7-10,15,18,24,36H,6,11-14,16-17,19H2,1H3,(H2,30,33)(H3,31,32)(H,34,41)(H,35,38)(H,39,40)/t24-,29-/m0/s1. The van der Waals surface area contributed by atoms with Gasteiger partial charge in [0.1, 0.15) is 17.7 Å². The van der Waals surface area contributed by atoms with Gasteiger partial charge in [-0.3, -0.25) is 24.8 Å². The van der Waals surface area contributed by atoms with Crippen molar-refractivity contribution in [3.05, 3.63) is 71.3 Å². The number of nitrogens with two attached hydrogens (primary N) is 2. The predicted molar refractivity (Wildman–Crippen MR) is 165 cm³/mol. The maximum Gasteiger partial charge on any atom is 0.303 e. The molecule has 0 heterocycles. The molecule has 2 atom stereocenters. The van der Waals surface area contributed by atoms with Gasteiger partial charge in [-0.15, -0.1) is 0 Å². The Kier molecular flexibility index (Phi) is 13.6. The third-order valence-electron chi connectivity index (χ3n) is 6.45. The van der Waals surface area contributed by atoms with Crippen molar-refractivity contribution in [2.45, 2.75) is 56.4 Å². The topological polar surface area (TPSA) is 247 Å². The number of hydrogen-bond donors (Lipinski definition) is 7. The Morgan fingerprint density at radius 1 is 1.09 bits per heavy atom. The lowest BCUT2D eigenvalue weighted by Crippen LogP contribution is -2.61. The Balaban J connectivity index is 2.36. The number of aliphatic imine (C=N–C) groups is 1. The van der Waals surface area contributed by atoms with Crippen LogP contribution >= 0.6 is 0 Å². The normalized spacial score (nSPS) is 13.7. The Bertz CT molecular complexity index is 1460. The van der Waals surface area contributed by atoms with Crippen LogP contribution in [0, 0.1) is 5.41 Å². The maximum atomic E-state index is 13.8. The van der Waals surface area contributed by atoms with Gasteiger partial charge in [-0.2, -0.15) is 4.72 Å². The first kappa shape index (κ1) is 35.6. The van der Waals surface area contributed by atoms with Gasteiger partial charge in [0.2, 0.25) is 21.8 Å². The highest BCUT2D eigenvalue weighted by molar-refractivity contribution is 7.88. The number of amides is 2. The summed E-state index contributed by atoms with van der Waals surface area (Å²) in [4.78, 5) is 53.6. The minimum Gasteiger partial charge on any atom is -0.481 e. The fraction of sp³-hybridized carbons (Fsp3) is 0.379. The van der Waals surface area contributed by atoms with E-state index in [-0.39, 0.29) is 18.7 Å². The monoisotopic (exact) mass is 629 g/mol. The van der Waals surface area contributed by atoms with Crippen molar-refractivity contribution in [3.63, 3.8) is 0 Å². The van der Waals surface area contributed by atoms with Crippen molar-refractivity contribution >= 4 is 45.8 Å². The van der Waals surface area contributed by atoms with Crippen molar-refractivity contribution in [3.8, 4) is 0 Å². The van der Waals surface area contributed by atoms with Crippen LogP contribution in [-0.4, -0.2) is 73.9 Å². The van der Waals surface area contributed by atoms with Crippen molar-refractivity contribution in [2.24, 2.45) is 16.5 Å². The molecule has 2 rings (SSSR count). The van der Waals surface area contributed by atoms with E-state index < -0.39 is 64.5 Å². The lowest BCUT2D eigenvalue weighted by atomic mass is 9.85. The highest BCUT2D eigenvalue weighted by Crippen LogP contribution is 2.24. The molecule has 2 amide bonds. The number of amidine groups is 2. The highest BCUT2D eigenvalue weighted by atomic mass is 32.2. The molecule has 0 spiro atoms.